The molecular weight excluding hydrogens is 262 g/mol. The van der Waals surface area contributed by atoms with Gasteiger partial charge in [-0.15, -0.1) is 0 Å². The Hall–Kier alpha value is -2.10. The summed E-state index contributed by atoms with van der Waals surface area (Å²) in [7, 11) is 1.91. The first kappa shape index (κ1) is 13.9. The number of anilines is 1. The van der Waals surface area contributed by atoms with Gasteiger partial charge in [0.05, 0.1) is 18.5 Å². The van der Waals surface area contributed by atoms with Gasteiger partial charge in [0, 0.05) is 18.3 Å². The molecule has 0 saturated heterocycles. The van der Waals surface area contributed by atoms with Gasteiger partial charge in [-0.3, -0.25) is 0 Å². The van der Waals surface area contributed by atoms with E-state index in [1.807, 2.05) is 31.3 Å². The predicted molar refractivity (Wildman–Crippen MR) is 84.5 cm³/mol. The highest BCUT2D eigenvalue weighted by molar-refractivity contribution is 5.59. The molecule has 1 heterocycles. The number of hydrogen-bond acceptors (Lipinski definition) is 4. The van der Waals surface area contributed by atoms with E-state index in [-0.39, 0.29) is 0 Å². The maximum Gasteiger partial charge on any atom is 0.159 e. The van der Waals surface area contributed by atoms with Gasteiger partial charge < -0.3 is 10.1 Å². The summed E-state index contributed by atoms with van der Waals surface area (Å²) in [4.78, 5) is 8.83. The smallest absolute Gasteiger partial charge is 0.159 e. The molecule has 1 aliphatic rings. The number of rotatable bonds is 4. The van der Waals surface area contributed by atoms with Gasteiger partial charge in [-0.25, -0.2) is 9.97 Å². The second-order valence-electron chi connectivity index (χ2n) is 5.45. The Labute approximate surface area is 125 Å². The van der Waals surface area contributed by atoms with Crippen LogP contribution in [0.5, 0.6) is 5.75 Å². The van der Waals surface area contributed by atoms with Crippen molar-refractivity contribution in [2.45, 2.75) is 38.2 Å². The molecule has 1 saturated carbocycles. The molecule has 0 unspecified atom stereocenters. The minimum atomic E-state index is 0.336. The number of ether oxygens (including phenoxy) is 1. The summed E-state index contributed by atoms with van der Waals surface area (Å²) in [6, 6.07) is 8.07. The van der Waals surface area contributed by atoms with Crippen LogP contribution in [0.4, 0.5) is 5.69 Å². The average Bonchev–Trinajstić information content (AvgIpc) is 2.57. The molecule has 0 spiro atoms. The molecule has 1 aromatic heterocycles. The monoisotopic (exact) mass is 283 g/mol. The first-order chi connectivity index (χ1) is 10.3. The molecule has 4 heteroatoms. The molecule has 0 aliphatic heterocycles. The van der Waals surface area contributed by atoms with E-state index in [1.54, 1.807) is 12.4 Å². The molecule has 0 atom stereocenters. The van der Waals surface area contributed by atoms with E-state index in [4.69, 9.17) is 4.74 Å². The van der Waals surface area contributed by atoms with Crippen LogP contribution < -0.4 is 10.1 Å². The van der Waals surface area contributed by atoms with Crippen molar-refractivity contribution in [3.8, 4) is 17.1 Å². The zero-order valence-corrected chi connectivity index (χ0v) is 12.4. The van der Waals surface area contributed by atoms with E-state index in [0.717, 1.165) is 35.7 Å². The van der Waals surface area contributed by atoms with E-state index < -0.39 is 0 Å². The minimum Gasteiger partial charge on any atom is -0.487 e. The van der Waals surface area contributed by atoms with Gasteiger partial charge in [-0.1, -0.05) is 6.42 Å². The Morgan fingerprint density at radius 3 is 2.29 bits per heavy atom. The van der Waals surface area contributed by atoms with E-state index in [1.165, 1.54) is 19.3 Å². The fourth-order valence-corrected chi connectivity index (χ4v) is 2.69. The summed E-state index contributed by atoms with van der Waals surface area (Å²) in [6.07, 6.45) is 10.1. The van der Waals surface area contributed by atoms with Crippen molar-refractivity contribution < 1.29 is 4.74 Å². The van der Waals surface area contributed by atoms with E-state index in [9.17, 15) is 0 Å². The number of benzene rings is 1. The summed E-state index contributed by atoms with van der Waals surface area (Å²) in [6.45, 7) is 0. The molecule has 1 N–H and O–H groups in total. The maximum absolute atomic E-state index is 5.95. The maximum atomic E-state index is 5.95. The number of aromatic nitrogens is 2. The molecule has 1 fully saturated rings. The number of nitrogens with one attached hydrogen (secondary N) is 1. The lowest BCUT2D eigenvalue weighted by atomic mass is 9.98. The first-order valence-electron chi connectivity index (χ1n) is 7.62. The Kier molecular flexibility index (Phi) is 4.34. The molecule has 1 aliphatic carbocycles. The average molecular weight is 283 g/mol. The molecule has 1 aromatic carbocycles. The zero-order chi connectivity index (χ0) is 14.5. The van der Waals surface area contributed by atoms with Gasteiger partial charge in [0.25, 0.3) is 0 Å². The Morgan fingerprint density at radius 2 is 1.67 bits per heavy atom. The molecule has 0 amide bonds. The second-order valence-corrected chi connectivity index (χ2v) is 5.45. The van der Waals surface area contributed by atoms with Crippen LogP contribution in [-0.2, 0) is 0 Å². The highest BCUT2D eigenvalue weighted by Crippen LogP contribution is 2.24. The SMILES string of the molecule is CNc1ccc(-c2ncc(OC3CCCCC3)cn2)cc1. The Balaban J connectivity index is 1.67. The lowest BCUT2D eigenvalue weighted by Crippen LogP contribution is -2.19. The number of hydrogen-bond donors (Lipinski definition) is 1. The molecular formula is C17H21N3O. The summed E-state index contributed by atoms with van der Waals surface area (Å²) < 4.78 is 5.95. The topological polar surface area (TPSA) is 47.0 Å². The highest BCUT2D eigenvalue weighted by Gasteiger charge is 2.15. The van der Waals surface area contributed by atoms with Crippen LogP contribution in [0.1, 0.15) is 32.1 Å². The van der Waals surface area contributed by atoms with E-state index >= 15 is 0 Å². The van der Waals surface area contributed by atoms with Crippen molar-refractivity contribution in [1.82, 2.24) is 9.97 Å². The van der Waals surface area contributed by atoms with Gasteiger partial charge in [0.1, 0.15) is 0 Å². The molecule has 21 heavy (non-hydrogen) atoms. The van der Waals surface area contributed by atoms with E-state index in [2.05, 4.69) is 15.3 Å². The van der Waals surface area contributed by atoms with Crippen LogP contribution >= 0.6 is 0 Å². The Morgan fingerprint density at radius 1 is 1.00 bits per heavy atom. The summed E-state index contributed by atoms with van der Waals surface area (Å²) in [5.41, 5.74) is 2.09. The molecule has 110 valence electrons. The molecule has 2 aromatic rings. The molecule has 0 radical (unpaired) electrons. The minimum absolute atomic E-state index is 0.336. The van der Waals surface area contributed by atoms with Gasteiger partial charge >= 0.3 is 0 Å². The van der Waals surface area contributed by atoms with Crippen LogP contribution in [0.2, 0.25) is 0 Å². The predicted octanol–water partition coefficient (Wildman–Crippen LogP) is 3.90. The third-order valence-corrected chi connectivity index (χ3v) is 3.91. The Bertz CT molecular complexity index is 560. The summed E-state index contributed by atoms with van der Waals surface area (Å²) in [5.74, 6) is 1.51. The fourth-order valence-electron chi connectivity index (χ4n) is 2.69. The number of nitrogens with zero attached hydrogens (tertiary/aromatic N) is 2. The van der Waals surface area contributed by atoms with E-state index in [0.29, 0.717) is 6.10 Å². The molecule has 0 bridgehead atoms. The van der Waals surface area contributed by atoms with Crippen molar-refractivity contribution in [3.05, 3.63) is 36.7 Å². The zero-order valence-electron chi connectivity index (χ0n) is 12.4. The summed E-state index contributed by atoms with van der Waals surface area (Å²) in [5, 5.41) is 3.10. The van der Waals surface area contributed by atoms with Gasteiger partial charge in [0.2, 0.25) is 0 Å². The van der Waals surface area contributed by atoms with Crippen LogP contribution in [0.3, 0.4) is 0 Å². The standard InChI is InChI=1S/C17H21N3O/c1-18-14-9-7-13(8-10-14)17-19-11-16(12-20-17)21-15-5-3-2-4-6-15/h7-12,15,18H,2-6H2,1H3. The van der Waals surface area contributed by atoms with Gasteiger partial charge in [-0.2, -0.15) is 0 Å². The third kappa shape index (κ3) is 3.51. The van der Waals surface area contributed by atoms with Gasteiger partial charge in [-0.05, 0) is 49.9 Å². The fraction of sp³-hybridized carbons (Fsp3) is 0.412. The van der Waals surface area contributed by atoms with Crippen LogP contribution in [0, 0.1) is 0 Å². The van der Waals surface area contributed by atoms with Gasteiger partial charge in [0.15, 0.2) is 11.6 Å². The van der Waals surface area contributed by atoms with Crippen molar-refractivity contribution >= 4 is 5.69 Å². The third-order valence-electron chi connectivity index (χ3n) is 3.91. The second kappa shape index (κ2) is 6.57. The van der Waals surface area contributed by atoms with Crippen LogP contribution in [0.15, 0.2) is 36.7 Å². The van der Waals surface area contributed by atoms with Crippen molar-refractivity contribution in [1.29, 1.82) is 0 Å². The van der Waals surface area contributed by atoms with Crippen LogP contribution in [-0.4, -0.2) is 23.1 Å². The van der Waals surface area contributed by atoms with Crippen molar-refractivity contribution in [2.75, 3.05) is 12.4 Å². The van der Waals surface area contributed by atoms with Crippen molar-refractivity contribution in [2.24, 2.45) is 0 Å². The molecule has 3 rings (SSSR count). The largest absolute Gasteiger partial charge is 0.487 e. The lowest BCUT2D eigenvalue weighted by molar-refractivity contribution is 0.154. The van der Waals surface area contributed by atoms with Crippen molar-refractivity contribution in [3.63, 3.8) is 0 Å². The molecule has 4 nitrogen and oxygen atoms in total. The van der Waals surface area contributed by atoms with Crippen LogP contribution in [0.25, 0.3) is 11.4 Å². The normalized spacial score (nSPS) is 15.7. The first-order valence-corrected chi connectivity index (χ1v) is 7.62. The quantitative estimate of drug-likeness (QED) is 0.924. The summed E-state index contributed by atoms with van der Waals surface area (Å²) >= 11 is 0. The lowest BCUT2D eigenvalue weighted by Gasteiger charge is -2.22. The highest BCUT2D eigenvalue weighted by atomic mass is 16.5.